The SMILES string of the molecule is COCCOCCOCCN(CC(C)(C)SSC)c1cc(COc2cc3c(cc2OC)C(=O)N2c4ccccc4C[C@H]2CN3)cc(COc2cc3c(cc2OC)C(=O)N2c4ccccc4C[C@H]2CN3)c1. The molecule has 0 fully saturated rings. The molecule has 16 heteroatoms. The van der Waals surface area contributed by atoms with Crippen molar-refractivity contribution in [3.63, 3.8) is 0 Å². The van der Waals surface area contributed by atoms with Crippen LogP contribution in [0.2, 0.25) is 0 Å². The highest BCUT2D eigenvalue weighted by molar-refractivity contribution is 8.77. The predicted molar refractivity (Wildman–Crippen MR) is 280 cm³/mol. The molecule has 0 aromatic heterocycles. The van der Waals surface area contributed by atoms with Crippen LogP contribution in [-0.2, 0) is 40.3 Å². The van der Waals surface area contributed by atoms with Crippen LogP contribution in [0.1, 0.15) is 56.8 Å². The Kier molecular flexibility index (Phi) is 15.5. The fraction of sp³-hybridized carbons (Fsp3) is 0.407. The van der Waals surface area contributed by atoms with Gasteiger partial charge in [0.1, 0.15) is 13.2 Å². The third-order valence-corrected chi connectivity index (χ3v) is 15.7. The normalized spacial score (nSPS) is 16.7. The van der Waals surface area contributed by atoms with Gasteiger partial charge >= 0.3 is 0 Å². The highest BCUT2D eigenvalue weighted by atomic mass is 33.1. The molecular formula is C54H63N5O9S2. The van der Waals surface area contributed by atoms with Gasteiger partial charge in [0.15, 0.2) is 23.0 Å². The maximum absolute atomic E-state index is 14.2. The molecule has 5 aromatic carbocycles. The summed E-state index contributed by atoms with van der Waals surface area (Å²) in [5.41, 5.74) is 9.52. The van der Waals surface area contributed by atoms with Crippen molar-refractivity contribution in [2.75, 3.05) is 112 Å². The number of nitrogens with one attached hydrogen (secondary N) is 2. The molecule has 4 aliphatic heterocycles. The van der Waals surface area contributed by atoms with Gasteiger partial charge in [-0.3, -0.25) is 9.59 Å². The molecule has 70 heavy (non-hydrogen) atoms. The average Bonchev–Trinajstić information content (AvgIpc) is 3.86. The number of fused-ring (bicyclic) bond motifs is 8. The van der Waals surface area contributed by atoms with Gasteiger partial charge < -0.3 is 58.5 Å². The van der Waals surface area contributed by atoms with Crippen molar-refractivity contribution in [1.82, 2.24) is 0 Å². The number of amides is 2. The molecule has 5 aromatic rings. The monoisotopic (exact) mass is 989 g/mol. The van der Waals surface area contributed by atoms with Crippen LogP contribution in [0.4, 0.5) is 28.4 Å². The summed E-state index contributed by atoms with van der Waals surface area (Å²) >= 11 is 0. The van der Waals surface area contributed by atoms with Crippen LogP contribution >= 0.6 is 21.6 Å². The number of hydrogen-bond donors (Lipinski definition) is 2. The standard InChI is InChI=1S/C54H63N5O9S2/c1-54(2,70-69-6)34-57(15-16-65-19-20-66-18-17-62-3)39-22-35(32-67-50-28-44-42(26-48(50)63-4)52(60)58-40(30-55-44)24-37-11-7-9-13-46(37)58)21-36(23-39)33-68-51-29-45-43(27-49(51)64-5)53(61)59-41(31-56-45)25-38-12-8-10-14-47(38)59/h7-14,21-23,26-29,40-41,55-56H,15-20,24-25,30-34H2,1-6H3/t40-,41-/m0/s1. The summed E-state index contributed by atoms with van der Waals surface area (Å²) in [5.74, 6) is 1.83. The zero-order valence-corrected chi connectivity index (χ0v) is 42.5. The van der Waals surface area contributed by atoms with Gasteiger partial charge in [-0.05, 0) is 97.7 Å². The Hall–Kier alpha value is -5.78. The fourth-order valence-electron chi connectivity index (χ4n) is 9.89. The van der Waals surface area contributed by atoms with Gasteiger partial charge in [0.25, 0.3) is 11.8 Å². The minimum absolute atomic E-state index is 0.00156. The lowest BCUT2D eigenvalue weighted by Crippen LogP contribution is -2.39. The van der Waals surface area contributed by atoms with Gasteiger partial charge in [0, 0.05) is 67.2 Å². The van der Waals surface area contributed by atoms with E-state index in [1.54, 1.807) is 44.3 Å². The van der Waals surface area contributed by atoms with Gasteiger partial charge in [-0.25, -0.2) is 0 Å². The molecule has 0 saturated carbocycles. The van der Waals surface area contributed by atoms with Crippen LogP contribution < -0.4 is 44.3 Å². The van der Waals surface area contributed by atoms with E-state index < -0.39 is 0 Å². The van der Waals surface area contributed by atoms with Gasteiger partial charge in [0.2, 0.25) is 0 Å². The second kappa shape index (κ2) is 22.1. The summed E-state index contributed by atoms with van der Waals surface area (Å²) in [6, 6.07) is 29.9. The maximum Gasteiger partial charge on any atom is 0.260 e. The molecule has 370 valence electrons. The van der Waals surface area contributed by atoms with Crippen molar-refractivity contribution in [1.29, 1.82) is 0 Å². The van der Waals surface area contributed by atoms with E-state index >= 15 is 0 Å². The van der Waals surface area contributed by atoms with Crippen LogP contribution in [0.3, 0.4) is 0 Å². The number of hydrogen-bond acceptors (Lipinski definition) is 14. The Bertz CT molecular complexity index is 2530. The van der Waals surface area contributed by atoms with Crippen LogP contribution in [0.25, 0.3) is 0 Å². The van der Waals surface area contributed by atoms with Crippen molar-refractivity contribution < 1.29 is 42.7 Å². The largest absolute Gasteiger partial charge is 0.493 e. The predicted octanol–water partition coefficient (Wildman–Crippen LogP) is 9.13. The summed E-state index contributed by atoms with van der Waals surface area (Å²) in [7, 11) is 8.43. The Morgan fingerprint density at radius 2 is 1.14 bits per heavy atom. The van der Waals surface area contributed by atoms with Crippen LogP contribution in [0.5, 0.6) is 23.0 Å². The zero-order chi connectivity index (χ0) is 48.8. The lowest BCUT2D eigenvalue weighted by Gasteiger charge is -2.34. The van der Waals surface area contributed by atoms with Crippen LogP contribution in [0, 0.1) is 0 Å². The number of rotatable bonds is 22. The summed E-state index contributed by atoms with van der Waals surface area (Å²) in [6.07, 6.45) is 3.68. The molecule has 14 nitrogen and oxygen atoms in total. The molecule has 0 unspecified atom stereocenters. The summed E-state index contributed by atoms with van der Waals surface area (Å²) in [6.45, 7) is 9.97. The third kappa shape index (κ3) is 10.8. The van der Waals surface area contributed by atoms with E-state index in [1.165, 1.54) is 11.1 Å². The summed E-state index contributed by atoms with van der Waals surface area (Å²) in [4.78, 5) is 34.6. The maximum atomic E-state index is 14.2. The van der Waals surface area contributed by atoms with E-state index in [-0.39, 0.29) is 41.9 Å². The van der Waals surface area contributed by atoms with Crippen molar-refractivity contribution in [3.05, 3.63) is 124 Å². The van der Waals surface area contributed by atoms with Crippen molar-refractivity contribution in [2.24, 2.45) is 0 Å². The molecule has 4 aliphatic rings. The Balaban J connectivity index is 0.996. The molecule has 2 N–H and O–H groups in total. The molecule has 0 saturated heterocycles. The number of carbonyl (C=O) groups is 2. The fourth-order valence-corrected chi connectivity index (χ4v) is 12.1. The van der Waals surface area contributed by atoms with E-state index in [9.17, 15) is 9.59 Å². The molecule has 0 bridgehead atoms. The Morgan fingerprint density at radius 3 is 1.64 bits per heavy atom. The lowest BCUT2D eigenvalue weighted by atomic mass is 10.1. The number of para-hydroxylation sites is 2. The van der Waals surface area contributed by atoms with E-state index in [1.807, 2.05) is 69.1 Å². The first kappa shape index (κ1) is 49.2. The summed E-state index contributed by atoms with van der Waals surface area (Å²) in [5, 5.41) is 7.11. The number of anilines is 5. The number of benzene rings is 5. The molecule has 0 aliphatic carbocycles. The average molecular weight is 990 g/mol. The summed E-state index contributed by atoms with van der Waals surface area (Å²) < 4.78 is 41.9. The van der Waals surface area contributed by atoms with Crippen molar-refractivity contribution in [3.8, 4) is 23.0 Å². The van der Waals surface area contributed by atoms with E-state index in [0.29, 0.717) is 98.2 Å². The first-order chi connectivity index (χ1) is 34.1. The van der Waals surface area contributed by atoms with Gasteiger partial charge in [-0.2, -0.15) is 0 Å². The first-order valence-electron chi connectivity index (χ1n) is 23.8. The third-order valence-electron chi connectivity index (χ3n) is 13.1. The molecule has 9 rings (SSSR count). The van der Waals surface area contributed by atoms with Gasteiger partial charge in [-0.15, -0.1) is 0 Å². The van der Waals surface area contributed by atoms with E-state index in [0.717, 1.165) is 47.6 Å². The lowest BCUT2D eigenvalue weighted by molar-refractivity contribution is 0.0264. The second-order valence-electron chi connectivity index (χ2n) is 18.4. The highest BCUT2D eigenvalue weighted by Gasteiger charge is 2.39. The van der Waals surface area contributed by atoms with E-state index in [4.69, 9.17) is 33.2 Å². The molecule has 4 heterocycles. The molecule has 0 radical (unpaired) electrons. The van der Waals surface area contributed by atoms with Gasteiger partial charge in [0.05, 0.1) is 81.8 Å². The van der Waals surface area contributed by atoms with Crippen LogP contribution in [-0.4, -0.2) is 115 Å². The number of ether oxygens (including phenoxy) is 7. The van der Waals surface area contributed by atoms with Crippen LogP contribution in [0.15, 0.2) is 91.0 Å². The highest BCUT2D eigenvalue weighted by Crippen LogP contribution is 2.43. The minimum Gasteiger partial charge on any atom is -0.493 e. The minimum atomic E-state index is -0.112. The number of nitrogens with zero attached hydrogens (tertiary/aromatic N) is 3. The number of methoxy groups -OCH3 is 3. The molecule has 2 amide bonds. The molecule has 2 atom stereocenters. The van der Waals surface area contributed by atoms with Crippen molar-refractivity contribution >= 4 is 61.8 Å². The number of carbonyl (C=O) groups excluding carboxylic acids is 2. The Morgan fingerprint density at radius 1 is 0.643 bits per heavy atom. The van der Waals surface area contributed by atoms with Crippen molar-refractivity contribution in [2.45, 2.75) is 56.7 Å². The second-order valence-corrected chi connectivity index (χ2v) is 21.5. The Labute approximate surface area is 419 Å². The smallest absolute Gasteiger partial charge is 0.260 e. The van der Waals surface area contributed by atoms with E-state index in [2.05, 4.69) is 66.0 Å². The topological polar surface area (TPSA) is 133 Å². The zero-order valence-electron chi connectivity index (χ0n) is 40.8. The quantitative estimate of drug-likeness (QED) is 0.0505. The first-order valence-corrected chi connectivity index (χ1v) is 26.4. The molecular weight excluding hydrogens is 927 g/mol. The molecule has 0 spiro atoms. The van der Waals surface area contributed by atoms with Gasteiger partial charge in [-0.1, -0.05) is 58.0 Å².